The standard InChI is InChI=1S/C15H19NO4/c17-14(12-4-1-5-13(12)15(18)19)16(10-6-7-10)9-11-3-2-8-20-11/h2-3,8,10,12-13H,1,4-7,9H2,(H,18,19)/t12-,13+/m1/s1. The van der Waals surface area contributed by atoms with Gasteiger partial charge < -0.3 is 14.4 Å². The van der Waals surface area contributed by atoms with Crippen molar-refractivity contribution in [3.05, 3.63) is 24.2 Å². The molecule has 0 spiro atoms. The molecule has 5 heteroatoms. The van der Waals surface area contributed by atoms with Crippen molar-refractivity contribution < 1.29 is 19.1 Å². The molecule has 1 heterocycles. The number of carboxylic acids is 1. The maximum Gasteiger partial charge on any atom is 0.307 e. The van der Waals surface area contributed by atoms with Gasteiger partial charge in [-0.1, -0.05) is 6.42 Å². The van der Waals surface area contributed by atoms with Crippen LogP contribution in [0.1, 0.15) is 37.9 Å². The van der Waals surface area contributed by atoms with Gasteiger partial charge in [0.15, 0.2) is 0 Å². The van der Waals surface area contributed by atoms with Crippen LogP contribution in [-0.4, -0.2) is 27.9 Å². The van der Waals surface area contributed by atoms with E-state index in [1.165, 1.54) is 0 Å². The zero-order valence-electron chi connectivity index (χ0n) is 11.3. The zero-order valence-corrected chi connectivity index (χ0v) is 11.3. The fourth-order valence-corrected chi connectivity index (χ4v) is 3.11. The highest BCUT2D eigenvalue weighted by atomic mass is 16.4. The minimum Gasteiger partial charge on any atom is -0.481 e. The number of rotatable bonds is 5. The summed E-state index contributed by atoms with van der Waals surface area (Å²) in [5, 5.41) is 9.24. The molecule has 0 aromatic carbocycles. The molecule has 3 rings (SSSR count). The van der Waals surface area contributed by atoms with E-state index in [0.717, 1.165) is 25.0 Å². The third-order valence-corrected chi connectivity index (χ3v) is 4.33. The van der Waals surface area contributed by atoms with E-state index in [9.17, 15) is 14.7 Å². The normalized spacial score (nSPS) is 25.6. The van der Waals surface area contributed by atoms with Gasteiger partial charge in [0.2, 0.25) is 5.91 Å². The van der Waals surface area contributed by atoms with Crippen LogP contribution in [0, 0.1) is 11.8 Å². The smallest absolute Gasteiger partial charge is 0.307 e. The van der Waals surface area contributed by atoms with Crippen molar-refractivity contribution in [1.29, 1.82) is 0 Å². The van der Waals surface area contributed by atoms with Gasteiger partial charge in [0.05, 0.1) is 24.6 Å². The third kappa shape index (κ3) is 2.57. The van der Waals surface area contributed by atoms with Crippen LogP contribution < -0.4 is 0 Å². The maximum atomic E-state index is 12.7. The third-order valence-electron chi connectivity index (χ3n) is 4.33. The summed E-state index contributed by atoms with van der Waals surface area (Å²) in [6, 6.07) is 3.93. The van der Waals surface area contributed by atoms with Crippen LogP contribution in [0.15, 0.2) is 22.8 Å². The van der Waals surface area contributed by atoms with Gasteiger partial charge in [-0.05, 0) is 37.8 Å². The molecule has 20 heavy (non-hydrogen) atoms. The van der Waals surface area contributed by atoms with Crippen molar-refractivity contribution in [3.8, 4) is 0 Å². The first-order chi connectivity index (χ1) is 9.66. The quantitative estimate of drug-likeness (QED) is 0.896. The van der Waals surface area contributed by atoms with Crippen LogP contribution in [0.3, 0.4) is 0 Å². The number of amides is 1. The Bertz CT molecular complexity index is 492. The molecule has 1 aromatic heterocycles. The van der Waals surface area contributed by atoms with E-state index in [0.29, 0.717) is 19.4 Å². The summed E-state index contributed by atoms with van der Waals surface area (Å²) in [7, 11) is 0. The summed E-state index contributed by atoms with van der Waals surface area (Å²) in [6.45, 7) is 0.458. The lowest BCUT2D eigenvalue weighted by Gasteiger charge is -2.26. The van der Waals surface area contributed by atoms with Crippen molar-refractivity contribution in [2.45, 2.75) is 44.7 Å². The molecule has 0 aliphatic heterocycles. The van der Waals surface area contributed by atoms with E-state index >= 15 is 0 Å². The van der Waals surface area contributed by atoms with E-state index in [1.54, 1.807) is 12.3 Å². The highest BCUT2D eigenvalue weighted by Crippen LogP contribution is 2.37. The molecule has 2 fully saturated rings. The molecule has 1 aromatic rings. The summed E-state index contributed by atoms with van der Waals surface area (Å²) < 4.78 is 5.32. The fourth-order valence-electron chi connectivity index (χ4n) is 3.11. The number of furan rings is 1. The second kappa shape index (κ2) is 5.31. The Kier molecular flexibility index (Phi) is 3.51. The summed E-state index contributed by atoms with van der Waals surface area (Å²) in [5.74, 6) is -0.957. The van der Waals surface area contributed by atoms with Crippen molar-refractivity contribution >= 4 is 11.9 Å². The molecular formula is C15H19NO4. The topological polar surface area (TPSA) is 70.8 Å². The lowest BCUT2D eigenvalue weighted by molar-refractivity contribution is -0.149. The summed E-state index contributed by atoms with van der Waals surface area (Å²) >= 11 is 0. The average molecular weight is 277 g/mol. The molecular weight excluding hydrogens is 258 g/mol. The molecule has 108 valence electrons. The Labute approximate surface area is 117 Å². The molecule has 0 radical (unpaired) electrons. The van der Waals surface area contributed by atoms with Crippen molar-refractivity contribution in [3.63, 3.8) is 0 Å². The summed E-state index contributed by atoms with van der Waals surface area (Å²) in [6.07, 6.45) is 5.75. The van der Waals surface area contributed by atoms with Crippen LogP contribution in [-0.2, 0) is 16.1 Å². The average Bonchev–Trinajstić information content (AvgIpc) is 2.95. The number of carbonyl (C=O) groups is 2. The van der Waals surface area contributed by atoms with Crippen LogP contribution in [0.4, 0.5) is 0 Å². The van der Waals surface area contributed by atoms with Gasteiger partial charge in [-0.2, -0.15) is 0 Å². The molecule has 1 amide bonds. The Morgan fingerprint density at radius 3 is 2.60 bits per heavy atom. The molecule has 0 unspecified atom stereocenters. The highest BCUT2D eigenvalue weighted by Gasteiger charge is 2.43. The Hall–Kier alpha value is -1.78. The molecule has 2 aliphatic rings. The van der Waals surface area contributed by atoms with E-state index in [1.807, 2.05) is 11.0 Å². The molecule has 2 aliphatic carbocycles. The summed E-state index contributed by atoms with van der Waals surface area (Å²) in [5.41, 5.74) is 0. The molecule has 0 bridgehead atoms. The van der Waals surface area contributed by atoms with Crippen LogP contribution in [0.25, 0.3) is 0 Å². The number of hydrogen-bond acceptors (Lipinski definition) is 3. The molecule has 2 atom stereocenters. The predicted octanol–water partition coefficient (Wildman–Crippen LogP) is 2.27. The lowest BCUT2D eigenvalue weighted by Crippen LogP contribution is -2.40. The van der Waals surface area contributed by atoms with Gasteiger partial charge in [-0.25, -0.2) is 0 Å². The molecule has 2 saturated carbocycles. The van der Waals surface area contributed by atoms with E-state index in [4.69, 9.17) is 4.42 Å². The SMILES string of the molecule is O=C(O)[C@H]1CCC[C@H]1C(=O)N(Cc1ccco1)C1CC1. The second-order valence-electron chi connectivity index (χ2n) is 5.76. The van der Waals surface area contributed by atoms with E-state index in [2.05, 4.69) is 0 Å². The second-order valence-corrected chi connectivity index (χ2v) is 5.76. The Morgan fingerprint density at radius 1 is 1.25 bits per heavy atom. The van der Waals surface area contributed by atoms with Crippen molar-refractivity contribution in [1.82, 2.24) is 4.90 Å². The zero-order chi connectivity index (χ0) is 14.1. The number of carbonyl (C=O) groups excluding carboxylic acids is 1. The minimum atomic E-state index is -0.838. The number of carboxylic acid groups (broad SMARTS) is 1. The number of aliphatic carboxylic acids is 1. The van der Waals surface area contributed by atoms with Gasteiger partial charge in [0.1, 0.15) is 5.76 Å². The summed E-state index contributed by atoms with van der Waals surface area (Å²) in [4.78, 5) is 25.8. The Balaban J connectivity index is 1.73. The number of nitrogens with zero attached hydrogens (tertiary/aromatic N) is 1. The van der Waals surface area contributed by atoms with Gasteiger partial charge >= 0.3 is 5.97 Å². The van der Waals surface area contributed by atoms with Gasteiger partial charge in [-0.15, -0.1) is 0 Å². The van der Waals surface area contributed by atoms with Crippen molar-refractivity contribution in [2.75, 3.05) is 0 Å². The maximum absolute atomic E-state index is 12.7. The first kappa shape index (κ1) is 13.2. The van der Waals surface area contributed by atoms with Gasteiger partial charge in [0, 0.05) is 6.04 Å². The van der Waals surface area contributed by atoms with Crippen LogP contribution >= 0.6 is 0 Å². The first-order valence-electron chi connectivity index (χ1n) is 7.22. The van der Waals surface area contributed by atoms with Gasteiger partial charge in [-0.3, -0.25) is 9.59 Å². The minimum absolute atomic E-state index is 0.00574. The Morgan fingerprint density at radius 2 is 2.00 bits per heavy atom. The van der Waals surface area contributed by atoms with E-state index < -0.39 is 11.9 Å². The monoisotopic (exact) mass is 277 g/mol. The fraction of sp³-hybridized carbons (Fsp3) is 0.600. The lowest BCUT2D eigenvalue weighted by atomic mass is 9.94. The van der Waals surface area contributed by atoms with Gasteiger partial charge in [0.25, 0.3) is 0 Å². The van der Waals surface area contributed by atoms with Crippen LogP contribution in [0.5, 0.6) is 0 Å². The van der Waals surface area contributed by atoms with E-state index in [-0.39, 0.29) is 17.9 Å². The molecule has 1 N–H and O–H groups in total. The first-order valence-corrected chi connectivity index (χ1v) is 7.22. The highest BCUT2D eigenvalue weighted by molar-refractivity contribution is 5.85. The van der Waals surface area contributed by atoms with Crippen molar-refractivity contribution in [2.24, 2.45) is 11.8 Å². The molecule has 0 saturated heterocycles. The van der Waals surface area contributed by atoms with Crippen LogP contribution in [0.2, 0.25) is 0 Å². The molecule has 5 nitrogen and oxygen atoms in total. The largest absolute Gasteiger partial charge is 0.481 e. The number of hydrogen-bond donors (Lipinski definition) is 1. The predicted molar refractivity (Wildman–Crippen MR) is 70.7 cm³/mol.